The van der Waals surface area contributed by atoms with Crippen LogP contribution in [0.2, 0.25) is 0 Å². The van der Waals surface area contributed by atoms with E-state index in [1.165, 1.54) is 0 Å². The van der Waals surface area contributed by atoms with Crippen molar-refractivity contribution in [2.45, 2.75) is 39.8 Å². The summed E-state index contributed by atoms with van der Waals surface area (Å²) in [7, 11) is 0. The van der Waals surface area contributed by atoms with Crippen molar-refractivity contribution in [2.75, 3.05) is 31.1 Å². The highest BCUT2D eigenvalue weighted by atomic mass is 19.3. The normalized spacial score (nSPS) is 15.8. The van der Waals surface area contributed by atoms with Crippen LogP contribution in [0.4, 0.5) is 14.6 Å². The maximum atomic E-state index is 13.7. The molecule has 2 aromatic heterocycles. The number of rotatable bonds is 5. The van der Waals surface area contributed by atoms with Gasteiger partial charge >= 0.3 is 6.55 Å². The molecule has 3 heterocycles. The summed E-state index contributed by atoms with van der Waals surface area (Å²) in [6.45, 7) is 7.11. The Bertz CT molecular complexity index is 992. The number of hydrogen-bond acceptors (Lipinski definition) is 5. The fraction of sp³-hybridized carbons (Fsp3) is 0.476. The summed E-state index contributed by atoms with van der Waals surface area (Å²) in [5.74, 6) is 2.49. The van der Waals surface area contributed by atoms with Crippen LogP contribution < -0.4 is 4.90 Å². The van der Waals surface area contributed by atoms with Gasteiger partial charge in [-0.2, -0.15) is 8.78 Å². The number of aromatic nitrogens is 4. The quantitative estimate of drug-likeness (QED) is 0.649. The maximum Gasteiger partial charge on any atom is 0.320 e. The van der Waals surface area contributed by atoms with Crippen LogP contribution in [0.5, 0.6) is 0 Å². The molecule has 6 nitrogen and oxygen atoms in total. The number of imidazole rings is 1. The third-order valence-electron chi connectivity index (χ3n) is 5.30. The van der Waals surface area contributed by atoms with Crippen LogP contribution in [0.15, 0.2) is 30.3 Å². The van der Waals surface area contributed by atoms with E-state index < -0.39 is 6.55 Å². The third-order valence-corrected chi connectivity index (χ3v) is 5.30. The van der Waals surface area contributed by atoms with Crippen LogP contribution in [0.1, 0.15) is 43.7 Å². The van der Waals surface area contributed by atoms with Crippen LogP contribution in [0.3, 0.4) is 0 Å². The Morgan fingerprint density at radius 3 is 2.41 bits per heavy atom. The Hall–Kier alpha value is -2.61. The number of aryl methyl sites for hydroxylation is 1. The van der Waals surface area contributed by atoms with Gasteiger partial charge < -0.3 is 4.90 Å². The van der Waals surface area contributed by atoms with Crippen molar-refractivity contribution in [2.24, 2.45) is 0 Å². The zero-order valence-corrected chi connectivity index (χ0v) is 17.0. The molecular formula is C21H26F2N6. The minimum atomic E-state index is -2.60. The Balaban J connectivity index is 1.47. The Kier molecular flexibility index (Phi) is 5.45. The number of fused-ring (bicyclic) bond motifs is 1. The fourth-order valence-electron chi connectivity index (χ4n) is 3.75. The van der Waals surface area contributed by atoms with Gasteiger partial charge in [0.1, 0.15) is 17.5 Å². The van der Waals surface area contributed by atoms with Crippen molar-refractivity contribution in [1.82, 2.24) is 24.4 Å². The molecule has 0 saturated carbocycles. The molecule has 0 N–H and O–H groups in total. The van der Waals surface area contributed by atoms with Gasteiger partial charge in [0.15, 0.2) is 0 Å². The molecule has 3 aromatic rings. The summed E-state index contributed by atoms with van der Waals surface area (Å²) in [6.07, 6.45) is 0. The molecule has 0 unspecified atom stereocenters. The molecule has 0 aliphatic carbocycles. The van der Waals surface area contributed by atoms with E-state index in [9.17, 15) is 8.78 Å². The van der Waals surface area contributed by atoms with Gasteiger partial charge in [0, 0.05) is 43.9 Å². The molecule has 4 rings (SSSR count). The predicted molar refractivity (Wildman–Crippen MR) is 109 cm³/mol. The van der Waals surface area contributed by atoms with Crippen LogP contribution in [-0.4, -0.2) is 50.6 Å². The summed E-state index contributed by atoms with van der Waals surface area (Å²) in [4.78, 5) is 18.1. The van der Waals surface area contributed by atoms with Gasteiger partial charge in [-0.25, -0.2) is 15.0 Å². The highest BCUT2D eigenvalue weighted by Crippen LogP contribution is 2.25. The minimum absolute atomic E-state index is 0.275. The van der Waals surface area contributed by atoms with Crippen molar-refractivity contribution in [3.63, 3.8) is 0 Å². The molecule has 154 valence electrons. The predicted octanol–water partition coefficient (Wildman–Crippen LogP) is 3.98. The molecule has 1 aliphatic rings. The summed E-state index contributed by atoms with van der Waals surface area (Å²) >= 11 is 0. The van der Waals surface area contributed by atoms with Gasteiger partial charge in [0.25, 0.3) is 0 Å². The van der Waals surface area contributed by atoms with Crippen molar-refractivity contribution in [1.29, 1.82) is 0 Å². The molecule has 0 amide bonds. The number of anilines is 1. The number of nitrogens with zero attached hydrogens (tertiary/aromatic N) is 6. The number of para-hydroxylation sites is 2. The van der Waals surface area contributed by atoms with E-state index in [0.717, 1.165) is 48.1 Å². The molecule has 0 radical (unpaired) electrons. The zero-order chi connectivity index (χ0) is 20.5. The van der Waals surface area contributed by atoms with Gasteiger partial charge in [-0.3, -0.25) is 9.47 Å². The maximum absolute atomic E-state index is 13.7. The largest absolute Gasteiger partial charge is 0.354 e. The lowest BCUT2D eigenvalue weighted by molar-refractivity contribution is 0.0681. The molecule has 0 bridgehead atoms. The SMILES string of the molecule is Cc1cc(N2CCN(Cc3nc4ccccc4n3C(F)F)CC2)nc(C(C)C)n1. The molecule has 1 fully saturated rings. The van der Waals surface area contributed by atoms with Crippen LogP contribution in [0, 0.1) is 6.92 Å². The smallest absolute Gasteiger partial charge is 0.320 e. The van der Waals surface area contributed by atoms with E-state index in [-0.39, 0.29) is 5.92 Å². The molecule has 29 heavy (non-hydrogen) atoms. The zero-order valence-electron chi connectivity index (χ0n) is 17.0. The van der Waals surface area contributed by atoms with Crippen molar-refractivity contribution in [3.8, 4) is 0 Å². The molecule has 0 spiro atoms. The van der Waals surface area contributed by atoms with Gasteiger partial charge in [0.2, 0.25) is 0 Å². The van der Waals surface area contributed by atoms with E-state index in [1.807, 2.05) is 19.1 Å². The van der Waals surface area contributed by atoms with Gasteiger partial charge in [-0.15, -0.1) is 0 Å². The summed E-state index contributed by atoms with van der Waals surface area (Å²) < 4.78 is 28.3. The number of hydrogen-bond donors (Lipinski definition) is 0. The van der Waals surface area contributed by atoms with Crippen molar-refractivity contribution < 1.29 is 8.78 Å². The summed E-state index contributed by atoms with van der Waals surface area (Å²) in [5, 5.41) is 0. The van der Waals surface area contributed by atoms with Crippen LogP contribution in [0.25, 0.3) is 11.0 Å². The van der Waals surface area contributed by atoms with E-state index in [4.69, 9.17) is 4.98 Å². The van der Waals surface area contributed by atoms with Gasteiger partial charge in [-0.05, 0) is 19.1 Å². The van der Waals surface area contributed by atoms with Gasteiger partial charge in [-0.1, -0.05) is 26.0 Å². The van der Waals surface area contributed by atoms with Gasteiger partial charge in [0.05, 0.1) is 17.6 Å². The average molecular weight is 400 g/mol. The van der Waals surface area contributed by atoms with Crippen molar-refractivity contribution >= 4 is 16.9 Å². The van der Waals surface area contributed by atoms with E-state index in [0.29, 0.717) is 23.4 Å². The molecular weight excluding hydrogens is 374 g/mol. The Morgan fingerprint density at radius 2 is 1.72 bits per heavy atom. The van der Waals surface area contributed by atoms with E-state index in [1.54, 1.807) is 18.2 Å². The summed E-state index contributed by atoms with van der Waals surface area (Å²) in [5.41, 5.74) is 2.06. The second-order valence-electron chi connectivity index (χ2n) is 7.81. The van der Waals surface area contributed by atoms with Crippen molar-refractivity contribution in [3.05, 3.63) is 47.7 Å². The highest BCUT2D eigenvalue weighted by Gasteiger charge is 2.23. The fourth-order valence-corrected chi connectivity index (χ4v) is 3.75. The molecule has 8 heteroatoms. The lowest BCUT2D eigenvalue weighted by Crippen LogP contribution is -2.46. The first kappa shape index (κ1) is 19.7. The first-order chi connectivity index (χ1) is 13.9. The lowest BCUT2D eigenvalue weighted by Gasteiger charge is -2.35. The topological polar surface area (TPSA) is 50.1 Å². The standard InChI is InChI=1S/C21H26F2N6/c1-14(2)20-24-15(3)12-18(26-20)28-10-8-27(9-11-28)13-19-25-16-6-4-5-7-17(16)29(19)21(22)23/h4-7,12,14,21H,8-11,13H2,1-3H3. The highest BCUT2D eigenvalue weighted by molar-refractivity contribution is 5.75. The second kappa shape index (κ2) is 8.02. The monoisotopic (exact) mass is 400 g/mol. The molecule has 1 aromatic carbocycles. The second-order valence-corrected chi connectivity index (χ2v) is 7.81. The Labute approximate surface area is 169 Å². The van der Waals surface area contributed by atoms with E-state index >= 15 is 0 Å². The van der Waals surface area contributed by atoms with Crippen LogP contribution >= 0.6 is 0 Å². The first-order valence-corrected chi connectivity index (χ1v) is 9.99. The number of benzene rings is 1. The number of piperazine rings is 1. The minimum Gasteiger partial charge on any atom is -0.354 e. The first-order valence-electron chi connectivity index (χ1n) is 9.99. The lowest BCUT2D eigenvalue weighted by atomic mass is 10.2. The average Bonchev–Trinajstić information content (AvgIpc) is 3.06. The third kappa shape index (κ3) is 4.07. The summed E-state index contributed by atoms with van der Waals surface area (Å²) in [6, 6.07) is 9.07. The van der Waals surface area contributed by atoms with Crippen LogP contribution in [-0.2, 0) is 6.54 Å². The molecule has 1 saturated heterocycles. The molecule has 0 atom stereocenters. The number of alkyl halides is 2. The molecule has 1 aliphatic heterocycles. The Morgan fingerprint density at radius 1 is 1.00 bits per heavy atom. The van der Waals surface area contributed by atoms with E-state index in [2.05, 4.69) is 33.6 Å². The number of halogens is 2.